The molecule has 0 saturated heterocycles. The Hall–Kier alpha value is -0.432. The standard InChI is InChI=1S/C16H17I.6FH.Sb/c1-11(2)14-8-9-16(17)15(10-14)13-6-4-12(3)5-7-13;;;;;;;/h4-11H,1-3H3;6*1H;/q;;;;;;;+5/p-6. The molecule has 0 spiro atoms. The van der Waals surface area contributed by atoms with Crippen molar-refractivity contribution < 1.29 is 16.9 Å². The zero-order valence-corrected chi connectivity index (χ0v) is 17.9. The van der Waals surface area contributed by atoms with Crippen LogP contribution in [-0.4, -0.2) is 19.5 Å². The van der Waals surface area contributed by atoms with Gasteiger partial charge in [-0.15, -0.1) is 0 Å². The van der Waals surface area contributed by atoms with Crippen molar-refractivity contribution in [1.29, 1.82) is 0 Å². The zero-order valence-electron chi connectivity index (χ0n) is 13.2. The molecule has 0 heterocycles. The molecule has 8 heteroatoms. The van der Waals surface area contributed by atoms with E-state index in [4.69, 9.17) is 0 Å². The van der Waals surface area contributed by atoms with Crippen LogP contribution in [0.5, 0.6) is 0 Å². The summed E-state index contributed by atoms with van der Waals surface area (Å²) in [5, 5.41) is 0. The van der Waals surface area contributed by atoms with Gasteiger partial charge in [0.15, 0.2) is 0 Å². The van der Waals surface area contributed by atoms with E-state index in [1.54, 1.807) is 0 Å². The first kappa shape index (κ1) is 21.6. The van der Waals surface area contributed by atoms with Gasteiger partial charge in [-0.1, -0.05) is 49.7 Å². The molecule has 0 amide bonds. The van der Waals surface area contributed by atoms with Gasteiger partial charge in [0.25, 0.3) is 0 Å². The Kier molecular flexibility index (Phi) is 6.04. The fourth-order valence-electron chi connectivity index (χ4n) is 1.86. The maximum absolute atomic E-state index is 11.2. The predicted octanol–water partition coefficient (Wildman–Crippen LogP) is 7.53. The van der Waals surface area contributed by atoms with Gasteiger partial charge in [0.05, 0.1) is 0 Å². The quantitative estimate of drug-likeness (QED) is 0.199. The summed E-state index contributed by atoms with van der Waals surface area (Å²) in [5.41, 5.74) is 5.36. The normalized spacial score (nSPS) is 14.5. The molecule has 2 aromatic rings. The van der Waals surface area contributed by atoms with Gasteiger partial charge in [-0.2, -0.15) is 0 Å². The third-order valence-electron chi connectivity index (χ3n) is 3.02. The number of halogens is 7. The van der Waals surface area contributed by atoms with Gasteiger partial charge >= 0.3 is 36.4 Å². The summed E-state index contributed by atoms with van der Waals surface area (Å²) >= 11 is -8.84. The molecule has 0 aliphatic rings. The zero-order chi connectivity index (χ0) is 18.8. The molecule has 0 bridgehead atoms. The van der Waals surface area contributed by atoms with Crippen LogP contribution in [0.4, 0.5) is 16.9 Å². The fraction of sp³-hybridized carbons (Fsp3) is 0.250. The summed E-state index contributed by atoms with van der Waals surface area (Å²) in [7, 11) is 0. The topological polar surface area (TPSA) is 0 Å². The van der Waals surface area contributed by atoms with Crippen LogP contribution in [0.1, 0.15) is 30.9 Å². The second-order valence-corrected chi connectivity index (χ2v) is 12.4. The Bertz CT molecular complexity index is 694. The third kappa shape index (κ3) is 9.76. The second-order valence-electron chi connectivity index (χ2n) is 5.72. The van der Waals surface area contributed by atoms with Crippen LogP contribution in [0.15, 0.2) is 42.5 Å². The molecule has 2 rings (SSSR count). The molecule has 0 nitrogen and oxygen atoms in total. The Morgan fingerprint density at radius 3 is 1.71 bits per heavy atom. The number of hydrogen-bond acceptors (Lipinski definition) is 0. The molecular weight excluding hydrogens is 555 g/mol. The van der Waals surface area contributed by atoms with Gasteiger partial charge in [-0.25, -0.2) is 0 Å². The molecule has 0 aliphatic heterocycles. The van der Waals surface area contributed by atoms with E-state index in [0.717, 1.165) is 0 Å². The van der Waals surface area contributed by atoms with E-state index < -0.39 is 19.5 Å². The summed E-state index contributed by atoms with van der Waals surface area (Å²) in [5.74, 6) is 0.580. The molecule has 0 unspecified atom stereocenters. The predicted molar refractivity (Wildman–Crippen MR) is 95.8 cm³/mol. The molecule has 0 aliphatic carbocycles. The Labute approximate surface area is 153 Å². The number of aryl methyl sites for hydroxylation is 1. The SMILES string of the molecule is Cc1ccc(-c2cc(C(C)C)ccc2I)cc1.[F][Sb-]([F])([F])([F])([F])[F]. The molecular formula is C16H17F6ISb-. The van der Waals surface area contributed by atoms with E-state index in [1.165, 1.54) is 25.8 Å². The fourth-order valence-corrected chi connectivity index (χ4v) is 2.50. The Morgan fingerprint density at radius 1 is 0.833 bits per heavy atom. The van der Waals surface area contributed by atoms with Crippen molar-refractivity contribution in [3.05, 3.63) is 57.2 Å². The molecule has 0 radical (unpaired) electrons. The van der Waals surface area contributed by atoms with Crippen molar-refractivity contribution in [3.8, 4) is 11.1 Å². The van der Waals surface area contributed by atoms with Crippen molar-refractivity contribution in [2.75, 3.05) is 0 Å². The molecule has 0 N–H and O–H groups in total. The van der Waals surface area contributed by atoms with Crippen LogP contribution < -0.4 is 0 Å². The molecule has 0 fully saturated rings. The van der Waals surface area contributed by atoms with Crippen molar-refractivity contribution >= 4 is 42.1 Å². The van der Waals surface area contributed by atoms with Gasteiger partial charge in [-0.05, 0) is 64.3 Å². The minimum absolute atomic E-state index is 0.580. The van der Waals surface area contributed by atoms with Crippen LogP contribution in [-0.2, 0) is 0 Å². The summed E-state index contributed by atoms with van der Waals surface area (Å²) < 4.78 is 60.9. The van der Waals surface area contributed by atoms with Crippen molar-refractivity contribution in [2.45, 2.75) is 26.7 Å². The van der Waals surface area contributed by atoms with E-state index >= 15 is 0 Å². The molecule has 136 valence electrons. The van der Waals surface area contributed by atoms with E-state index in [2.05, 4.69) is 85.8 Å². The minimum atomic E-state index is -11.2. The van der Waals surface area contributed by atoms with E-state index in [-0.39, 0.29) is 0 Å². The van der Waals surface area contributed by atoms with Crippen molar-refractivity contribution in [2.24, 2.45) is 0 Å². The van der Waals surface area contributed by atoms with Crippen LogP contribution in [0.3, 0.4) is 0 Å². The van der Waals surface area contributed by atoms with E-state index in [0.29, 0.717) is 5.92 Å². The average Bonchev–Trinajstić information content (AvgIpc) is 2.36. The first-order valence-electron chi connectivity index (χ1n) is 6.96. The van der Waals surface area contributed by atoms with Crippen LogP contribution >= 0.6 is 22.6 Å². The van der Waals surface area contributed by atoms with E-state index in [9.17, 15) is 16.9 Å². The van der Waals surface area contributed by atoms with Crippen molar-refractivity contribution in [1.82, 2.24) is 0 Å². The van der Waals surface area contributed by atoms with Gasteiger partial charge in [0.2, 0.25) is 0 Å². The van der Waals surface area contributed by atoms with Crippen LogP contribution in [0, 0.1) is 10.5 Å². The van der Waals surface area contributed by atoms with E-state index in [1.807, 2.05) is 0 Å². The summed E-state index contributed by atoms with van der Waals surface area (Å²) in [6.45, 7) is 6.60. The number of benzene rings is 2. The Morgan fingerprint density at radius 2 is 1.29 bits per heavy atom. The monoisotopic (exact) mass is 571 g/mol. The van der Waals surface area contributed by atoms with Gasteiger partial charge in [-0.3, -0.25) is 0 Å². The molecule has 2 aromatic carbocycles. The first-order chi connectivity index (χ1) is 10.5. The third-order valence-corrected chi connectivity index (χ3v) is 3.96. The van der Waals surface area contributed by atoms with Crippen LogP contribution in [0.2, 0.25) is 0 Å². The van der Waals surface area contributed by atoms with Gasteiger partial charge < -0.3 is 0 Å². The molecule has 0 aromatic heterocycles. The summed E-state index contributed by atoms with van der Waals surface area (Å²) in [6.07, 6.45) is 0. The summed E-state index contributed by atoms with van der Waals surface area (Å²) in [4.78, 5) is 0. The van der Waals surface area contributed by atoms with Crippen LogP contribution in [0.25, 0.3) is 11.1 Å². The second kappa shape index (κ2) is 6.71. The number of rotatable bonds is 2. The number of hydrogen-bond donors (Lipinski definition) is 0. The van der Waals surface area contributed by atoms with Gasteiger partial charge in [0.1, 0.15) is 0 Å². The Balaban J connectivity index is 0.000000351. The molecule has 0 atom stereocenters. The van der Waals surface area contributed by atoms with Gasteiger partial charge in [0, 0.05) is 3.57 Å². The first-order valence-corrected chi connectivity index (χ1v) is 13.8. The average molecular weight is 572 g/mol. The molecule has 0 saturated carbocycles. The molecule has 24 heavy (non-hydrogen) atoms. The summed E-state index contributed by atoms with van der Waals surface area (Å²) in [6, 6.07) is 15.5. The van der Waals surface area contributed by atoms with Crippen molar-refractivity contribution in [3.63, 3.8) is 0 Å². The maximum atomic E-state index is 9.93.